The smallest absolute Gasteiger partial charge is 0.332 e. The number of aliphatic hydroxyl groups is 3. The summed E-state index contributed by atoms with van der Waals surface area (Å²) in [5.74, 6) is -0.969. The van der Waals surface area contributed by atoms with Gasteiger partial charge in [-0.05, 0) is 43.9 Å². The largest absolute Gasteiger partial charge is 0.479 e. The van der Waals surface area contributed by atoms with Gasteiger partial charge in [0.25, 0.3) is 0 Å². The highest BCUT2D eigenvalue weighted by Crippen LogP contribution is 2.38. The van der Waals surface area contributed by atoms with Gasteiger partial charge in [-0.1, -0.05) is 57.6 Å². The molecule has 1 aliphatic rings. The van der Waals surface area contributed by atoms with Gasteiger partial charge in [0.2, 0.25) is 0 Å². The second kappa shape index (κ2) is 12.4. The average Bonchev–Trinajstić information content (AvgIpc) is 2.83. The molecule has 0 radical (unpaired) electrons. The van der Waals surface area contributed by atoms with Crippen molar-refractivity contribution in [3.05, 3.63) is 12.2 Å². The van der Waals surface area contributed by atoms with Gasteiger partial charge in [0, 0.05) is 0 Å². The van der Waals surface area contributed by atoms with E-state index in [2.05, 4.69) is 6.92 Å². The molecule has 1 saturated carbocycles. The van der Waals surface area contributed by atoms with Gasteiger partial charge in [-0.15, -0.1) is 0 Å². The molecule has 1 fully saturated rings. The van der Waals surface area contributed by atoms with Gasteiger partial charge in [-0.3, -0.25) is 0 Å². The minimum atomic E-state index is -1.32. The summed E-state index contributed by atoms with van der Waals surface area (Å²) in [5, 5.41) is 38.3. The Morgan fingerprint density at radius 3 is 2.36 bits per heavy atom. The van der Waals surface area contributed by atoms with E-state index < -0.39 is 24.3 Å². The molecular formula is C20H36O5. The summed E-state index contributed by atoms with van der Waals surface area (Å²) in [5.41, 5.74) is 0. The van der Waals surface area contributed by atoms with E-state index >= 15 is 0 Å². The molecule has 1 unspecified atom stereocenters. The van der Waals surface area contributed by atoms with E-state index in [1.807, 2.05) is 12.2 Å². The van der Waals surface area contributed by atoms with Crippen molar-refractivity contribution in [1.82, 2.24) is 0 Å². The summed E-state index contributed by atoms with van der Waals surface area (Å²) in [4.78, 5) is 10.5. The van der Waals surface area contributed by atoms with Gasteiger partial charge in [0.1, 0.15) is 0 Å². The van der Waals surface area contributed by atoms with Crippen LogP contribution in [-0.2, 0) is 4.79 Å². The van der Waals surface area contributed by atoms with Crippen LogP contribution in [-0.4, -0.2) is 44.7 Å². The maximum atomic E-state index is 10.5. The third-order valence-corrected chi connectivity index (χ3v) is 5.38. The van der Waals surface area contributed by atoms with Gasteiger partial charge in [0.05, 0.1) is 12.2 Å². The minimum Gasteiger partial charge on any atom is -0.479 e. The first kappa shape index (κ1) is 22.1. The van der Waals surface area contributed by atoms with Crippen LogP contribution in [0.4, 0.5) is 0 Å². The minimum absolute atomic E-state index is 0.0753. The van der Waals surface area contributed by atoms with Crippen LogP contribution in [0.1, 0.15) is 77.6 Å². The van der Waals surface area contributed by atoms with E-state index in [4.69, 9.17) is 5.11 Å². The van der Waals surface area contributed by atoms with E-state index in [9.17, 15) is 20.1 Å². The molecule has 5 heteroatoms. The molecule has 0 aromatic heterocycles. The third kappa shape index (κ3) is 8.34. The lowest BCUT2D eigenvalue weighted by Gasteiger charge is -2.22. The van der Waals surface area contributed by atoms with Crippen molar-refractivity contribution in [1.29, 1.82) is 0 Å². The normalized spacial score (nSPS) is 27.8. The Kier molecular flexibility index (Phi) is 11.0. The van der Waals surface area contributed by atoms with Crippen LogP contribution in [0.25, 0.3) is 0 Å². The highest BCUT2D eigenvalue weighted by molar-refractivity contribution is 5.71. The summed E-state index contributed by atoms with van der Waals surface area (Å²) in [6.07, 6.45) is 11.8. The lowest BCUT2D eigenvalue weighted by Crippen LogP contribution is -2.21. The van der Waals surface area contributed by atoms with Crippen LogP contribution in [0, 0.1) is 11.8 Å². The van der Waals surface area contributed by atoms with Crippen molar-refractivity contribution >= 4 is 5.97 Å². The maximum Gasteiger partial charge on any atom is 0.332 e. The fourth-order valence-corrected chi connectivity index (χ4v) is 3.82. The van der Waals surface area contributed by atoms with E-state index in [0.717, 1.165) is 12.8 Å². The topological polar surface area (TPSA) is 98.0 Å². The van der Waals surface area contributed by atoms with Gasteiger partial charge in [-0.25, -0.2) is 4.79 Å². The van der Waals surface area contributed by atoms with Crippen LogP contribution >= 0.6 is 0 Å². The van der Waals surface area contributed by atoms with Crippen molar-refractivity contribution in [3.8, 4) is 0 Å². The second-order valence-corrected chi connectivity index (χ2v) is 7.39. The Labute approximate surface area is 151 Å². The fourth-order valence-electron chi connectivity index (χ4n) is 3.82. The fraction of sp³-hybridized carbons (Fsp3) is 0.850. The summed E-state index contributed by atoms with van der Waals surface area (Å²) in [7, 11) is 0. The molecule has 0 aliphatic heterocycles. The SMILES string of the molecule is CCCCCCCC[C@@H]1[C@@H](C/C=C\CCC(O)C(=O)O)[C@@H](O)C[C@H]1O. The molecule has 0 saturated heterocycles. The molecule has 4 N–H and O–H groups in total. The number of aliphatic hydroxyl groups excluding tert-OH is 3. The number of hydrogen-bond acceptors (Lipinski definition) is 4. The average molecular weight is 357 g/mol. The van der Waals surface area contributed by atoms with Crippen LogP contribution in [0.15, 0.2) is 12.2 Å². The zero-order valence-corrected chi connectivity index (χ0v) is 15.5. The van der Waals surface area contributed by atoms with Crippen molar-refractivity contribution < 1.29 is 25.2 Å². The predicted octanol–water partition coefficient (Wildman–Crippen LogP) is 3.27. The van der Waals surface area contributed by atoms with Gasteiger partial charge in [0.15, 0.2) is 6.10 Å². The molecule has 5 atom stereocenters. The Morgan fingerprint density at radius 2 is 1.68 bits per heavy atom. The highest BCUT2D eigenvalue weighted by Gasteiger charge is 2.40. The third-order valence-electron chi connectivity index (χ3n) is 5.38. The molecule has 1 aliphatic carbocycles. The summed E-state index contributed by atoms with van der Waals surface area (Å²) < 4.78 is 0. The maximum absolute atomic E-state index is 10.5. The van der Waals surface area contributed by atoms with Crippen molar-refractivity contribution in [2.45, 2.75) is 95.9 Å². The highest BCUT2D eigenvalue weighted by atomic mass is 16.4. The molecule has 0 aromatic rings. The lowest BCUT2D eigenvalue weighted by molar-refractivity contribution is -0.146. The van der Waals surface area contributed by atoms with E-state index in [-0.39, 0.29) is 18.3 Å². The Bertz CT molecular complexity index is 396. The van der Waals surface area contributed by atoms with Crippen LogP contribution in [0.5, 0.6) is 0 Å². The predicted molar refractivity (Wildman–Crippen MR) is 98.2 cm³/mol. The van der Waals surface area contributed by atoms with Gasteiger partial charge < -0.3 is 20.4 Å². The van der Waals surface area contributed by atoms with Crippen molar-refractivity contribution in [2.24, 2.45) is 11.8 Å². The van der Waals surface area contributed by atoms with Gasteiger partial charge >= 0.3 is 5.97 Å². The molecule has 1 rings (SSSR count). The van der Waals surface area contributed by atoms with Crippen LogP contribution in [0.2, 0.25) is 0 Å². The summed E-state index contributed by atoms with van der Waals surface area (Å²) >= 11 is 0. The Morgan fingerprint density at radius 1 is 1.04 bits per heavy atom. The number of allylic oxidation sites excluding steroid dienone is 2. The standard InChI is InChI=1S/C20H36O5/c1-2-3-4-5-6-8-11-15-16(19(23)14-18(15)22)12-9-7-10-13-17(21)20(24)25/h7,9,15-19,21-23H,2-6,8,10-14H2,1H3,(H,24,25)/b9-7-/t15-,16-,17?,18-,19+/m1/s1. The van der Waals surface area contributed by atoms with Crippen molar-refractivity contribution in [3.63, 3.8) is 0 Å². The second-order valence-electron chi connectivity index (χ2n) is 7.39. The molecule has 0 amide bonds. The number of unbranched alkanes of at least 4 members (excludes halogenated alkanes) is 5. The zero-order valence-electron chi connectivity index (χ0n) is 15.5. The number of rotatable bonds is 13. The molecule has 0 spiro atoms. The lowest BCUT2D eigenvalue weighted by atomic mass is 9.86. The van der Waals surface area contributed by atoms with E-state index in [0.29, 0.717) is 19.3 Å². The van der Waals surface area contributed by atoms with Crippen molar-refractivity contribution in [2.75, 3.05) is 0 Å². The molecule has 146 valence electrons. The van der Waals surface area contributed by atoms with Crippen LogP contribution < -0.4 is 0 Å². The monoisotopic (exact) mass is 356 g/mol. The summed E-state index contributed by atoms with van der Waals surface area (Å²) in [6.45, 7) is 2.21. The number of carbonyl (C=O) groups is 1. The first-order chi connectivity index (χ1) is 12.0. The Balaban J connectivity index is 2.32. The molecular weight excluding hydrogens is 320 g/mol. The first-order valence-electron chi connectivity index (χ1n) is 9.89. The molecule has 25 heavy (non-hydrogen) atoms. The number of carboxylic acid groups (broad SMARTS) is 1. The van der Waals surface area contributed by atoms with Crippen LogP contribution in [0.3, 0.4) is 0 Å². The Hall–Kier alpha value is -0.910. The molecule has 0 bridgehead atoms. The zero-order chi connectivity index (χ0) is 18.7. The van der Waals surface area contributed by atoms with Gasteiger partial charge in [-0.2, -0.15) is 0 Å². The molecule has 0 heterocycles. The van der Waals surface area contributed by atoms with E-state index in [1.165, 1.54) is 32.1 Å². The van der Waals surface area contributed by atoms with E-state index in [1.54, 1.807) is 0 Å². The molecule has 5 nitrogen and oxygen atoms in total. The number of carboxylic acids is 1. The number of aliphatic carboxylic acids is 1. The molecule has 0 aromatic carbocycles. The number of hydrogen-bond donors (Lipinski definition) is 4. The first-order valence-corrected chi connectivity index (χ1v) is 9.89. The quantitative estimate of drug-likeness (QED) is 0.300. The summed E-state index contributed by atoms with van der Waals surface area (Å²) in [6, 6.07) is 0.